The Morgan fingerprint density at radius 3 is 3.00 bits per heavy atom. The van der Waals surface area contributed by atoms with E-state index in [4.69, 9.17) is 9.47 Å². The van der Waals surface area contributed by atoms with Crippen LogP contribution in [0.5, 0.6) is 5.75 Å². The molecule has 0 aliphatic carbocycles. The van der Waals surface area contributed by atoms with Gasteiger partial charge in [0.05, 0.1) is 12.6 Å². The smallest absolute Gasteiger partial charge is 0.250 e. The summed E-state index contributed by atoms with van der Waals surface area (Å²) in [5, 5.41) is 2.94. The first-order valence-corrected chi connectivity index (χ1v) is 8.56. The van der Waals surface area contributed by atoms with Crippen molar-refractivity contribution in [3.63, 3.8) is 0 Å². The Morgan fingerprint density at radius 2 is 2.19 bits per heavy atom. The first-order valence-electron chi connectivity index (χ1n) is 8.56. The highest BCUT2D eigenvalue weighted by atomic mass is 19.1. The van der Waals surface area contributed by atoms with E-state index in [0.717, 1.165) is 0 Å². The van der Waals surface area contributed by atoms with E-state index >= 15 is 0 Å². The summed E-state index contributed by atoms with van der Waals surface area (Å²) in [6, 6.07) is 10.5. The van der Waals surface area contributed by atoms with Crippen molar-refractivity contribution in [2.24, 2.45) is 0 Å². The van der Waals surface area contributed by atoms with Crippen molar-refractivity contribution in [1.29, 1.82) is 0 Å². The van der Waals surface area contributed by atoms with Gasteiger partial charge in [-0.1, -0.05) is 12.1 Å². The van der Waals surface area contributed by atoms with Gasteiger partial charge in [0.15, 0.2) is 0 Å². The standard InChI is InChI=1S/C19H21FN2O4/c20-14-4-3-5-15(12-14)26-17-13-25-11-8-16(17)21-18(23)7-10-22-9-2-1-6-19(22)24/h1-6,9,12,16-17H,7-8,10-11,13H2,(H,21,23)/t16-,17-/m1/s1. The second kappa shape index (κ2) is 8.62. The monoisotopic (exact) mass is 360 g/mol. The Kier molecular flexibility index (Phi) is 6.01. The maximum Gasteiger partial charge on any atom is 0.250 e. The number of pyridine rings is 1. The van der Waals surface area contributed by atoms with Crippen LogP contribution in [0.25, 0.3) is 0 Å². The summed E-state index contributed by atoms with van der Waals surface area (Å²) in [5.41, 5.74) is -0.140. The molecule has 1 fully saturated rings. The van der Waals surface area contributed by atoms with Gasteiger partial charge in [0.1, 0.15) is 17.7 Å². The molecule has 26 heavy (non-hydrogen) atoms. The fourth-order valence-electron chi connectivity index (χ4n) is 2.85. The van der Waals surface area contributed by atoms with Crippen LogP contribution < -0.4 is 15.6 Å². The topological polar surface area (TPSA) is 69.6 Å². The van der Waals surface area contributed by atoms with Crippen molar-refractivity contribution in [3.8, 4) is 5.75 Å². The number of ether oxygens (including phenoxy) is 2. The molecule has 1 saturated heterocycles. The minimum Gasteiger partial charge on any atom is -0.486 e. The first-order chi connectivity index (χ1) is 12.6. The Hall–Kier alpha value is -2.67. The zero-order valence-corrected chi connectivity index (χ0v) is 14.3. The van der Waals surface area contributed by atoms with Crippen LogP contribution in [-0.2, 0) is 16.1 Å². The summed E-state index contributed by atoms with van der Waals surface area (Å²) >= 11 is 0. The normalized spacial score (nSPS) is 19.7. The molecule has 0 radical (unpaired) electrons. The van der Waals surface area contributed by atoms with Gasteiger partial charge < -0.3 is 19.4 Å². The molecule has 0 bridgehead atoms. The molecule has 1 amide bonds. The summed E-state index contributed by atoms with van der Waals surface area (Å²) in [6.07, 6.45) is 2.05. The van der Waals surface area contributed by atoms with Gasteiger partial charge in [0.25, 0.3) is 5.56 Å². The van der Waals surface area contributed by atoms with E-state index < -0.39 is 6.10 Å². The molecule has 2 aromatic rings. The number of carbonyl (C=O) groups is 1. The maximum atomic E-state index is 13.3. The van der Waals surface area contributed by atoms with Crippen LogP contribution in [-0.4, -0.2) is 35.8 Å². The molecule has 0 unspecified atom stereocenters. The number of rotatable bonds is 6. The molecule has 0 saturated carbocycles. The summed E-state index contributed by atoms with van der Waals surface area (Å²) in [7, 11) is 0. The van der Waals surface area contributed by atoms with Crippen LogP contribution in [0.1, 0.15) is 12.8 Å². The summed E-state index contributed by atoms with van der Waals surface area (Å²) < 4.78 is 26.0. The average Bonchev–Trinajstić information content (AvgIpc) is 2.63. The van der Waals surface area contributed by atoms with Crippen LogP contribution in [0.2, 0.25) is 0 Å². The fraction of sp³-hybridized carbons (Fsp3) is 0.368. The molecule has 1 aromatic carbocycles. The van der Waals surface area contributed by atoms with E-state index in [1.165, 1.54) is 22.8 Å². The Balaban J connectivity index is 1.56. The fourth-order valence-corrected chi connectivity index (χ4v) is 2.85. The number of halogens is 1. The van der Waals surface area contributed by atoms with E-state index in [9.17, 15) is 14.0 Å². The van der Waals surface area contributed by atoms with Crippen molar-refractivity contribution in [2.45, 2.75) is 31.5 Å². The SMILES string of the molecule is O=C(CCn1ccccc1=O)N[C@@H]1CCOC[C@H]1Oc1cccc(F)c1. The van der Waals surface area contributed by atoms with Crippen molar-refractivity contribution >= 4 is 5.91 Å². The number of nitrogens with one attached hydrogen (secondary N) is 1. The van der Waals surface area contributed by atoms with Gasteiger partial charge >= 0.3 is 0 Å². The third kappa shape index (κ3) is 4.92. The van der Waals surface area contributed by atoms with Crippen LogP contribution >= 0.6 is 0 Å². The van der Waals surface area contributed by atoms with Crippen LogP contribution in [0.4, 0.5) is 4.39 Å². The van der Waals surface area contributed by atoms with Crippen molar-refractivity contribution < 1.29 is 18.7 Å². The van der Waals surface area contributed by atoms with Gasteiger partial charge in [0, 0.05) is 37.9 Å². The highest BCUT2D eigenvalue weighted by molar-refractivity contribution is 5.76. The van der Waals surface area contributed by atoms with Crippen molar-refractivity contribution in [2.75, 3.05) is 13.2 Å². The lowest BCUT2D eigenvalue weighted by atomic mass is 10.1. The zero-order chi connectivity index (χ0) is 18.4. The predicted octanol–water partition coefficient (Wildman–Crippen LogP) is 1.73. The van der Waals surface area contributed by atoms with Crippen molar-refractivity contribution in [3.05, 3.63) is 64.8 Å². The first kappa shape index (κ1) is 18.1. The van der Waals surface area contributed by atoms with Gasteiger partial charge in [-0.3, -0.25) is 9.59 Å². The molecule has 1 N–H and O–H groups in total. The van der Waals surface area contributed by atoms with Gasteiger partial charge in [-0.05, 0) is 24.6 Å². The molecule has 138 valence electrons. The Labute approximate surface area is 150 Å². The lowest BCUT2D eigenvalue weighted by molar-refractivity contribution is -0.124. The van der Waals surface area contributed by atoms with Crippen LogP contribution in [0, 0.1) is 5.82 Å². The van der Waals surface area contributed by atoms with E-state index in [1.54, 1.807) is 30.5 Å². The second-order valence-corrected chi connectivity index (χ2v) is 6.13. The number of amides is 1. The number of benzene rings is 1. The van der Waals surface area contributed by atoms with E-state index in [-0.39, 0.29) is 29.7 Å². The van der Waals surface area contributed by atoms with Crippen LogP contribution in [0.15, 0.2) is 53.5 Å². The molecular formula is C19H21FN2O4. The largest absolute Gasteiger partial charge is 0.486 e. The summed E-state index contributed by atoms with van der Waals surface area (Å²) in [6.45, 7) is 1.15. The minimum absolute atomic E-state index is 0.140. The minimum atomic E-state index is -0.394. The molecule has 3 rings (SSSR count). The summed E-state index contributed by atoms with van der Waals surface area (Å²) in [5.74, 6) is -0.149. The molecule has 2 atom stereocenters. The summed E-state index contributed by atoms with van der Waals surface area (Å²) in [4.78, 5) is 23.9. The third-order valence-corrected chi connectivity index (χ3v) is 4.21. The van der Waals surface area contributed by atoms with Gasteiger partial charge in [-0.2, -0.15) is 0 Å². The number of aryl methyl sites for hydroxylation is 1. The lowest BCUT2D eigenvalue weighted by Gasteiger charge is -2.32. The van der Waals surface area contributed by atoms with E-state index in [2.05, 4.69) is 5.32 Å². The molecule has 2 heterocycles. The number of nitrogens with zero attached hydrogens (tertiary/aromatic N) is 1. The number of hydrogen-bond donors (Lipinski definition) is 1. The molecule has 6 nitrogen and oxygen atoms in total. The van der Waals surface area contributed by atoms with Gasteiger partial charge in [-0.15, -0.1) is 0 Å². The zero-order valence-electron chi connectivity index (χ0n) is 14.3. The molecule has 7 heteroatoms. The molecule has 1 aliphatic heterocycles. The molecular weight excluding hydrogens is 339 g/mol. The van der Waals surface area contributed by atoms with E-state index in [0.29, 0.717) is 31.9 Å². The lowest BCUT2D eigenvalue weighted by Crippen LogP contribution is -2.51. The predicted molar refractivity (Wildman–Crippen MR) is 93.5 cm³/mol. The van der Waals surface area contributed by atoms with Gasteiger partial charge in [-0.25, -0.2) is 4.39 Å². The third-order valence-electron chi connectivity index (χ3n) is 4.21. The highest BCUT2D eigenvalue weighted by Crippen LogP contribution is 2.18. The number of aromatic nitrogens is 1. The second-order valence-electron chi connectivity index (χ2n) is 6.13. The molecule has 1 aliphatic rings. The molecule has 0 spiro atoms. The average molecular weight is 360 g/mol. The van der Waals surface area contributed by atoms with Gasteiger partial charge in [0.2, 0.25) is 5.91 Å². The van der Waals surface area contributed by atoms with Crippen molar-refractivity contribution in [1.82, 2.24) is 9.88 Å². The highest BCUT2D eigenvalue weighted by Gasteiger charge is 2.29. The maximum absolute atomic E-state index is 13.3. The van der Waals surface area contributed by atoms with Crippen LogP contribution in [0.3, 0.4) is 0 Å². The number of hydrogen-bond acceptors (Lipinski definition) is 4. The Morgan fingerprint density at radius 1 is 1.31 bits per heavy atom. The number of carbonyl (C=O) groups excluding carboxylic acids is 1. The van der Waals surface area contributed by atoms with E-state index in [1.807, 2.05) is 0 Å². The Bertz CT molecular complexity index is 808. The molecule has 1 aromatic heterocycles. The quantitative estimate of drug-likeness (QED) is 0.852.